The molecule has 0 spiro atoms. The molecule has 2 heterocycles. The first-order valence-corrected chi connectivity index (χ1v) is 8.08. The lowest BCUT2D eigenvalue weighted by Crippen LogP contribution is -2.38. The Labute approximate surface area is 134 Å². The molecule has 5 nitrogen and oxygen atoms in total. The SMILES string of the molecule is CCOc1ccc2c(C(=O)N3CCC(C)CC3)cc(=O)oc2c1. The quantitative estimate of drug-likeness (QED) is 0.817. The van der Waals surface area contributed by atoms with Crippen molar-refractivity contribution in [2.45, 2.75) is 26.7 Å². The van der Waals surface area contributed by atoms with Crippen molar-refractivity contribution < 1.29 is 13.9 Å². The second-order valence-electron chi connectivity index (χ2n) is 6.04. The summed E-state index contributed by atoms with van der Waals surface area (Å²) >= 11 is 0. The molecule has 5 heteroatoms. The van der Waals surface area contributed by atoms with Crippen LogP contribution in [0, 0.1) is 5.92 Å². The lowest BCUT2D eigenvalue weighted by atomic mass is 9.98. The van der Waals surface area contributed by atoms with Gasteiger partial charge in [-0.3, -0.25) is 4.79 Å². The van der Waals surface area contributed by atoms with Gasteiger partial charge in [-0.15, -0.1) is 0 Å². The van der Waals surface area contributed by atoms with Crippen molar-refractivity contribution in [2.24, 2.45) is 5.92 Å². The lowest BCUT2D eigenvalue weighted by molar-refractivity contribution is 0.0698. The molecule has 23 heavy (non-hydrogen) atoms. The van der Waals surface area contributed by atoms with Crippen molar-refractivity contribution in [3.05, 3.63) is 40.2 Å². The van der Waals surface area contributed by atoms with Crippen LogP contribution in [0.5, 0.6) is 5.75 Å². The van der Waals surface area contributed by atoms with Gasteiger partial charge in [0, 0.05) is 30.6 Å². The van der Waals surface area contributed by atoms with Crippen molar-refractivity contribution in [1.82, 2.24) is 4.90 Å². The fourth-order valence-corrected chi connectivity index (χ4v) is 2.96. The Balaban J connectivity index is 1.99. The molecule has 0 atom stereocenters. The number of ether oxygens (including phenoxy) is 1. The average Bonchev–Trinajstić information content (AvgIpc) is 2.54. The van der Waals surface area contributed by atoms with E-state index in [9.17, 15) is 9.59 Å². The molecule has 1 aromatic heterocycles. The van der Waals surface area contributed by atoms with Gasteiger partial charge in [-0.05, 0) is 37.8 Å². The summed E-state index contributed by atoms with van der Waals surface area (Å²) in [6.07, 6.45) is 2.00. The summed E-state index contributed by atoms with van der Waals surface area (Å²) in [6, 6.07) is 6.53. The third kappa shape index (κ3) is 3.23. The molecule has 0 radical (unpaired) electrons. The lowest BCUT2D eigenvalue weighted by Gasteiger charge is -2.30. The molecule has 1 aliphatic heterocycles. The zero-order valence-electron chi connectivity index (χ0n) is 13.5. The Morgan fingerprint density at radius 2 is 2.04 bits per heavy atom. The molecule has 1 saturated heterocycles. The molecule has 1 amide bonds. The van der Waals surface area contributed by atoms with E-state index in [-0.39, 0.29) is 5.91 Å². The van der Waals surface area contributed by atoms with E-state index >= 15 is 0 Å². The van der Waals surface area contributed by atoms with E-state index in [1.54, 1.807) is 18.2 Å². The van der Waals surface area contributed by atoms with Gasteiger partial charge in [0.05, 0.1) is 12.2 Å². The second-order valence-corrected chi connectivity index (χ2v) is 6.04. The average molecular weight is 315 g/mol. The van der Waals surface area contributed by atoms with Gasteiger partial charge in [-0.25, -0.2) is 4.79 Å². The molecule has 0 saturated carbocycles. The zero-order chi connectivity index (χ0) is 16.4. The van der Waals surface area contributed by atoms with Gasteiger partial charge in [0.1, 0.15) is 11.3 Å². The van der Waals surface area contributed by atoms with Crippen LogP contribution >= 0.6 is 0 Å². The van der Waals surface area contributed by atoms with Crippen LogP contribution in [0.15, 0.2) is 33.5 Å². The van der Waals surface area contributed by atoms with E-state index in [1.807, 2.05) is 11.8 Å². The first kappa shape index (κ1) is 15.6. The van der Waals surface area contributed by atoms with Crippen molar-refractivity contribution in [3.8, 4) is 5.75 Å². The molecule has 0 N–H and O–H groups in total. The van der Waals surface area contributed by atoms with Crippen LogP contribution in [-0.2, 0) is 0 Å². The van der Waals surface area contributed by atoms with E-state index in [0.717, 1.165) is 25.9 Å². The third-order valence-electron chi connectivity index (χ3n) is 4.33. The minimum absolute atomic E-state index is 0.0982. The molecule has 0 bridgehead atoms. The molecule has 3 rings (SSSR count). The molecular formula is C18H21NO4. The number of carbonyl (C=O) groups excluding carboxylic acids is 1. The second kappa shape index (κ2) is 6.44. The van der Waals surface area contributed by atoms with Crippen LogP contribution in [0.3, 0.4) is 0 Å². The molecule has 122 valence electrons. The van der Waals surface area contributed by atoms with Crippen molar-refractivity contribution in [1.29, 1.82) is 0 Å². The normalized spacial score (nSPS) is 15.8. The molecule has 1 aromatic carbocycles. The number of fused-ring (bicyclic) bond motifs is 1. The van der Waals surface area contributed by atoms with Crippen LogP contribution in [0.25, 0.3) is 11.0 Å². The molecule has 0 aliphatic carbocycles. The first-order chi connectivity index (χ1) is 11.1. The maximum absolute atomic E-state index is 12.8. The van der Waals surface area contributed by atoms with Gasteiger partial charge in [-0.1, -0.05) is 6.92 Å². The standard InChI is InChI=1S/C18H21NO4/c1-3-22-13-4-5-14-15(11-17(20)23-16(14)10-13)18(21)19-8-6-12(2)7-9-19/h4-5,10-12H,3,6-9H2,1-2H3. The number of piperidine rings is 1. The van der Waals surface area contributed by atoms with Crippen molar-refractivity contribution in [2.75, 3.05) is 19.7 Å². The summed E-state index contributed by atoms with van der Waals surface area (Å²) in [4.78, 5) is 26.5. The highest BCUT2D eigenvalue weighted by Crippen LogP contribution is 2.25. The number of hydrogen-bond acceptors (Lipinski definition) is 4. The van der Waals surface area contributed by atoms with Crippen LogP contribution in [-0.4, -0.2) is 30.5 Å². The Morgan fingerprint density at radius 1 is 1.30 bits per heavy atom. The Kier molecular flexibility index (Phi) is 4.37. The number of likely N-dealkylation sites (tertiary alicyclic amines) is 1. The third-order valence-corrected chi connectivity index (χ3v) is 4.33. The Bertz CT molecular complexity index is 772. The molecule has 1 aliphatic rings. The van der Waals surface area contributed by atoms with E-state index < -0.39 is 5.63 Å². The minimum Gasteiger partial charge on any atom is -0.494 e. The maximum Gasteiger partial charge on any atom is 0.337 e. The van der Waals surface area contributed by atoms with Crippen LogP contribution in [0.2, 0.25) is 0 Å². The number of hydrogen-bond donors (Lipinski definition) is 0. The predicted molar refractivity (Wildman–Crippen MR) is 88.0 cm³/mol. The highest BCUT2D eigenvalue weighted by molar-refractivity contribution is 6.05. The summed E-state index contributed by atoms with van der Waals surface area (Å²) in [6.45, 7) is 6.08. The summed E-state index contributed by atoms with van der Waals surface area (Å²) in [5, 5.41) is 0.650. The smallest absolute Gasteiger partial charge is 0.337 e. The molecular weight excluding hydrogens is 294 g/mol. The van der Waals surface area contributed by atoms with Gasteiger partial charge >= 0.3 is 5.63 Å². The van der Waals surface area contributed by atoms with Gasteiger partial charge in [-0.2, -0.15) is 0 Å². The zero-order valence-corrected chi connectivity index (χ0v) is 13.5. The maximum atomic E-state index is 12.8. The Morgan fingerprint density at radius 3 is 2.74 bits per heavy atom. The van der Waals surface area contributed by atoms with Crippen LogP contribution < -0.4 is 10.4 Å². The number of amides is 1. The highest BCUT2D eigenvalue weighted by atomic mass is 16.5. The topological polar surface area (TPSA) is 59.8 Å². The van der Waals surface area contributed by atoms with Gasteiger partial charge in [0.25, 0.3) is 5.91 Å². The van der Waals surface area contributed by atoms with E-state index in [1.165, 1.54) is 6.07 Å². The van der Waals surface area contributed by atoms with Gasteiger partial charge < -0.3 is 14.1 Å². The van der Waals surface area contributed by atoms with E-state index in [2.05, 4.69) is 6.92 Å². The Hall–Kier alpha value is -2.30. The number of benzene rings is 1. The highest BCUT2D eigenvalue weighted by Gasteiger charge is 2.23. The number of rotatable bonds is 3. The number of carbonyl (C=O) groups is 1. The molecule has 2 aromatic rings. The summed E-state index contributed by atoms with van der Waals surface area (Å²) in [7, 11) is 0. The summed E-state index contributed by atoms with van der Waals surface area (Å²) < 4.78 is 10.7. The van der Waals surface area contributed by atoms with Gasteiger partial charge in [0.15, 0.2) is 0 Å². The van der Waals surface area contributed by atoms with Gasteiger partial charge in [0.2, 0.25) is 0 Å². The summed E-state index contributed by atoms with van der Waals surface area (Å²) in [5.74, 6) is 1.17. The first-order valence-electron chi connectivity index (χ1n) is 8.08. The van der Waals surface area contributed by atoms with Crippen LogP contribution in [0.4, 0.5) is 0 Å². The van der Waals surface area contributed by atoms with Crippen molar-refractivity contribution >= 4 is 16.9 Å². The monoisotopic (exact) mass is 315 g/mol. The minimum atomic E-state index is -0.514. The van der Waals surface area contributed by atoms with E-state index in [4.69, 9.17) is 9.15 Å². The molecule has 1 fully saturated rings. The molecule has 0 unspecified atom stereocenters. The fraction of sp³-hybridized carbons (Fsp3) is 0.444. The largest absolute Gasteiger partial charge is 0.494 e. The predicted octanol–water partition coefficient (Wildman–Crippen LogP) is 3.06. The van der Waals surface area contributed by atoms with Crippen LogP contribution in [0.1, 0.15) is 37.0 Å². The fourth-order valence-electron chi connectivity index (χ4n) is 2.96. The van der Waals surface area contributed by atoms with E-state index in [0.29, 0.717) is 34.8 Å². The number of nitrogens with zero attached hydrogens (tertiary/aromatic N) is 1. The van der Waals surface area contributed by atoms with Crippen molar-refractivity contribution in [3.63, 3.8) is 0 Å². The summed E-state index contributed by atoms with van der Waals surface area (Å²) in [5.41, 5.74) is 0.283.